The molecular formula is C17H28N2O3. The van der Waals surface area contributed by atoms with Gasteiger partial charge in [-0.05, 0) is 59.2 Å². The van der Waals surface area contributed by atoms with Crippen molar-refractivity contribution in [3.63, 3.8) is 0 Å². The first-order valence-electron chi connectivity index (χ1n) is 8.01. The molecule has 0 aliphatic carbocycles. The molecule has 2 atom stereocenters. The molecule has 1 amide bonds. The van der Waals surface area contributed by atoms with Crippen LogP contribution in [-0.2, 0) is 4.74 Å². The molecule has 22 heavy (non-hydrogen) atoms. The number of piperidine rings is 1. The van der Waals surface area contributed by atoms with Crippen molar-refractivity contribution in [2.45, 2.75) is 58.2 Å². The molecule has 0 saturated carbocycles. The molecule has 2 rings (SSSR count). The van der Waals surface area contributed by atoms with Gasteiger partial charge in [-0.3, -0.25) is 4.90 Å². The lowest BCUT2D eigenvalue weighted by Gasteiger charge is -2.40. The molecule has 0 spiro atoms. The Morgan fingerprint density at radius 2 is 2.23 bits per heavy atom. The third-order valence-corrected chi connectivity index (χ3v) is 4.16. The van der Waals surface area contributed by atoms with E-state index in [4.69, 9.17) is 9.15 Å². The summed E-state index contributed by atoms with van der Waals surface area (Å²) in [6, 6.07) is 4.33. The molecule has 1 fully saturated rings. The first-order chi connectivity index (χ1) is 10.3. The summed E-state index contributed by atoms with van der Waals surface area (Å²) < 4.78 is 11.0. The number of likely N-dealkylation sites (N-methyl/N-ethyl adjacent to an activating group) is 1. The second-order valence-corrected chi connectivity index (χ2v) is 7.07. The highest BCUT2D eigenvalue weighted by atomic mass is 16.6. The number of likely N-dealkylation sites (tertiary alicyclic amines) is 1. The van der Waals surface area contributed by atoms with Gasteiger partial charge in [0.2, 0.25) is 0 Å². The van der Waals surface area contributed by atoms with Crippen LogP contribution in [0.4, 0.5) is 4.79 Å². The van der Waals surface area contributed by atoms with Gasteiger partial charge in [0.15, 0.2) is 0 Å². The van der Waals surface area contributed by atoms with Crippen molar-refractivity contribution < 1.29 is 13.9 Å². The Morgan fingerprint density at radius 3 is 2.82 bits per heavy atom. The number of nitrogens with zero attached hydrogens (tertiary/aromatic N) is 2. The third kappa shape index (κ3) is 4.26. The normalized spacial score (nSPS) is 21.4. The van der Waals surface area contributed by atoms with E-state index in [9.17, 15) is 4.79 Å². The van der Waals surface area contributed by atoms with Crippen molar-refractivity contribution in [1.29, 1.82) is 0 Å². The summed E-state index contributed by atoms with van der Waals surface area (Å²) in [5.74, 6) is 0.973. The first kappa shape index (κ1) is 16.9. The molecule has 1 saturated heterocycles. The van der Waals surface area contributed by atoms with Crippen molar-refractivity contribution >= 4 is 6.09 Å². The van der Waals surface area contributed by atoms with Gasteiger partial charge in [-0.15, -0.1) is 0 Å². The molecule has 1 aliphatic heterocycles. The van der Waals surface area contributed by atoms with E-state index >= 15 is 0 Å². The smallest absolute Gasteiger partial charge is 0.410 e. The number of rotatable bonds is 3. The van der Waals surface area contributed by atoms with E-state index in [-0.39, 0.29) is 18.2 Å². The SMILES string of the molecule is C[C@@H](c1ccco1)N1CCC[C@@H](N(C)C(=O)OC(C)(C)C)C1. The van der Waals surface area contributed by atoms with Gasteiger partial charge in [0, 0.05) is 19.6 Å². The summed E-state index contributed by atoms with van der Waals surface area (Å²) in [6.45, 7) is 9.70. The Kier molecular flexibility index (Phi) is 5.16. The van der Waals surface area contributed by atoms with E-state index in [0.717, 1.165) is 31.7 Å². The molecule has 1 aromatic rings. The van der Waals surface area contributed by atoms with Crippen LogP contribution in [0, 0.1) is 0 Å². The molecule has 0 radical (unpaired) electrons. The van der Waals surface area contributed by atoms with E-state index in [1.165, 1.54) is 0 Å². The van der Waals surface area contributed by atoms with Crippen molar-refractivity contribution in [3.05, 3.63) is 24.2 Å². The maximum atomic E-state index is 12.2. The lowest BCUT2D eigenvalue weighted by atomic mass is 10.0. The highest BCUT2D eigenvalue weighted by Crippen LogP contribution is 2.26. The summed E-state index contributed by atoms with van der Waals surface area (Å²) in [5, 5.41) is 0. The molecule has 5 nitrogen and oxygen atoms in total. The van der Waals surface area contributed by atoms with Gasteiger partial charge in [0.05, 0.1) is 12.3 Å². The number of carbonyl (C=O) groups is 1. The van der Waals surface area contributed by atoms with Crippen LogP contribution < -0.4 is 0 Å². The topological polar surface area (TPSA) is 45.9 Å². The third-order valence-electron chi connectivity index (χ3n) is 4.16. The quantitative estimate of drug-likeness (QED) is 0.854. The van der Waals surface area contributed by atoms with Gasteiger partial charge in [0.1, 0.15) is 11.4 Å². The monoisotopic (exact) mass is 308 g/mol. The van der Waals surface area contributed by atoms with Gasteiger partial charge in [0.25, 0.3) is 0 Å². The maximum Gasteiger partial charge on any atom is 0.410 e. The predicted molar refractivity (Wildman–Crippen MR) is 85.7 cm³/mol. The zero-order chi connectivity index (χ0) is 16.3. The van der Waals surface area contributed by atoms with E-state index in [1.54, 1.807) is 11.2 Å². The number of ether oxygens (including phenoxy) is 1. The van der Waals surface area contributed by atoms with E-state index in [2.05, 4.69) is 11.8 Å². The second kappa shape index (κ2) is 6.73. The molecule has 2 heterocycles. The summed E-state index contributed by atoms with van der Waals surface area (Å²) >= 11 is 0. The minimum atomic E-state index is -0.457. The van der Waals surface area contributed by atoms with Crippen molar-refractivity contribution in [2.24, 2.45) is 0 Å². The van der Waals surface area contributed by atoms with Crippen LogP contribution >= 0.6 is 0 Å². The lowest BCUT2D eigenvalue weighted by Crippen LogP contribution is -2.50. The number of hydrogen-bond acceptors (Lipinski definition) is 4. The van der Waals surface area contributed by atoms with E-state index in [1.807, 2.05) is 40.0 Å². The van der Waals surface area contributed by atoms with Crippen LogP contribution in [0.15, 0.2) is 22.8 Å². The number of amides is 1. The summed E-state index contributed by atoms with van der Waals surface area (Å²) in [7, 11) is 1.83. The van der Waals surface area contributed by atoms with Crippen LogP contribution in [0.1, 0.15) is 52.3 Å². The fourth-order valence-electron chi connectivity index (χ4n) is 2.84. The van der Waals surface area contributed by atoms with Crippen molar-refractivity contribution in [2.75, 3.05) is 20.1 Å². The first-order valence-corrected chi connectivity index (χ1v) is 8.01. The van der Waals surface area contributed by atoms with Gasteiger partial charge in [-0.1, -0.05) is 0 Å². The molecule has 1 aliphatic rings. The summed E-state index contributed by atoms with van der Waals surface area (Å²) in [5.41, 5.74) is -0.457. The predicted octanol–water partition coefficient (Wildman–Crippen LogP) is 3.67. The van der Waals surface area contributed by atoms with Crippen molar-refractivity contribution in [1.82, 2.24) is 9.80 Å². The van der Waals surface area contributed by atoms with Crippen LogP contribution in [0.25, 0.3) is 0 Å². The second-order valence-electron chi connectivity index (χ2n) is 7.07. The Bertz CT molecular complexity index is 479. The number of carbonyl (C=O) groups excluding carboxylic acids is 1. The zero-order valence-electron chi connectivity index (χ0n) is 14.3. The Morgan fingerprint density at radius 1 is 1.50 bits per heavy atom. The highest BCUT2D eigenvalue weighted by molar-refractivity contribution is 5.68. The summed E-state index contributed by atoms with van der Waals surface area (Å²) in [4.78, 5) is 16.3. The van der Waals surface area contributed by atoms with Gasteiger partial charge < -0.3 is 14.1 Å². The molecule has 0 unspecified atom stereocenters. The van der Waals surface area contributed by atoms with Crippen LogP contribution in [0.5, 0.6) is 0 Å². The molecule has 0 aromatic carbocycles. The van der Waals surface area contributed by atoms with Crippen LogP contribution in [-0.4, -0.2) is 47.7 Å². The minimum absolute atomic E-state index is 0.181. The number of hydrogen-bond donors (Lipinski definition) is 0. The summed E-state index contributed by atoms with van der Waals surface area (Å²) in [6.07, 6.45) is 3.55. The largest absolute Gasteiger partial charge is 0.468 e. The number of furan rings is 1. The van der Waals surface area contributed by atoms with Gasteiger partial charge in [-0.2, -0.15) is 0 Å². The highest BCUT2D eigenvalue weighted by Gasteiger charge is 2.31. The Balaban J connectivity index is 1.96. The van der Waals surface area contributed by atoms with E-state index in [0.29, 0.717) is 0 Å². The molecular weight excluding hydrogens is 280 g/mol. The standard InChI is InChI=1S/C17H28N2O3/c1-13(15-9-7-11-21-15)19-10-6-8-14(12-19)18(5)16(20)22-17(2,3)4/h7,9,11,13-14H,6,8,10,12H2,1-5H3/t13-,14+/m0/s1. The maximum absolute atomic E-state index is 12.2. The fraction of sp³-hybridized carbons (Fsp3) is 0.706. The molecule has 5 heteroatoms. The van der Waals surface area contributed by atoms with E-state index < -0.39 is 5.60 Å². The van der Waals surface area contributed by atoms with Crippen LogP contribution in [0.3, 0.4) is 0 Å². The zero-order valence-corrected chi connectivity index (χ0v) is 14.3. The van der Waals surface area contributed by atoms with Gasteiger partial charge >= 0.3 is 6.09 Å². The molecule has 0 bridgehead atoms. The van der Waals surface area contributed by atoms with Crippen LogP contribution in [0.2, 0.25) is 0 Å². The fourth-order valence-corrected chi connectivity index (χ4v) is 2.84. The Hall–Kier alpha value is -1.49. The lowest BCUT2D eigenvalue weighted by molar-refractivity contribution is 0.00972. The average Bonchev–Trinajstić information content (AvgIpc) is 2.98. The Labute approximate surface area is 133 Å². The average molecular weight is 308 g/mol. The molecule has 124 valence electrons. The molecule has 1 aromatic heterocycles. The minimum Gasteiger partial charge on any atom is -0.468 e. The van der Waals surface area contributed by atoms with Crippen molar-refractivity contribution in [3.8, 4) is 0 Å². The van der Waals surface area contributed by atoms with Gasteiger partial charge in [-0.25, -0.2) is 4.79 Å². The molecule has 0 N–H and O–H groups in total.